The number of nitrogens with one attached hydrogen (secondary N) is 1. The fourth-order valence-electron chi connectivity index (χ4n) is 4.16. The molecule has 1 atom stereocenters. The largest absolute Gasteiger partial charge is 0.497 e. The molecule has 1 N–H and O–H groups in total. The Morgan fingerprint density at radius 1 is 1.22 bits per heavy atom. The molecule has 32 heavy (non-hydrogen) atoms. The Morgan fingerprint density at radius 3 is 2.69 bits per heavy atom. The summed E-state index contributed by atoms with van der Waals surface area (Å²) in [5, 5.41) is 3.04. The van der Waals surface area contributed by atoms with Crippen molar-refractivity contribution in [3.8, 4) is 16.2 Å². The van der Waals surface area contributed by atoms with Crippen molar-refractivity contribution in [2.75, 3.05) is 13.7 Å². The van der Waals surface area contributed by atoms with Crippen molar-refractivity contribution in [1.82, 2.24) is 15.2 Å². The van der Waals surface area contributed by atoms with Crippen LogP contribution in [0.15, 0.2) is 54.0 Å². The summed E-state index contributed by atoms with van der Waals surface area (Å²) in [7, 11) is 1.57. The molecule has 2 aromatic carbocycles. The van der Waals surface area contributed by atoms with Gasteiger partial charge in [0.15, 0.2) is 0 Å². The first kappa shape index (κ1) is 22.0. The fraction of sp³-hybridized carbons (Fsp3) is 0.320. The smallest absolute Gasteiger partial charge is 0.254 e. The Morgan fingerprint density at radius 2 is 2.00 bits per heavy atom. The fourth-order valence-corrected chi connectivity index (χ4v) is 4.97. The number of thiazole rings is 1. The van der Waals surface area contributed by atoms with Crippen LogP contribution in [0.3, 0.4) is 0 Å². The Hall–Kier alpha value is -3.19. The predicted molar refractivity (Wildman–Crippen MR) is 126 cm³/mol. The van der Waals surface area contributed by atoms with Gasteiger partial charge in [0.1, 0.15) is 11.3 Å². The second kappa shape index (κ2) is 9.12. The first-order valence-electron chi connectivity index (χ1n) is 10.7. The average molecular weight is 450 g/mol. The van der Waals surface area contributed by atoms with Gasteiger partial charge in [0.25, 0.3) is 5.91 Å². The number of benzene rings is 2. The number of ether oxygens (including phenoxy) is 1. The van der Waals surface area contributed by atoms with Gasteiger partial charge >= 0.3 is 0 Å². The van der Waals surface area contributed by atoms with Gasteiger partial charge < -0.3 is 15.0 Å². The highest BCUT2D eigenvalue weighted by Gasteiger charge is 2.45. The highest BCUT2D eigenvalue weighted by Crippen LogP contribution is 2.32. The molecule has 0 saturated carbocycles. The van der Waals surface area contributed by atoms with E-state index in [1.165, 1.54) is 0 Å². The number of likely N-dealkylation sites (tertiary alicyclic amines) is 1. The van der Waals surface area contributed by atoms with Crippen LogP contribution >= 0.6 is 11.3 Å². The molecule has 1 aliphatic heterocycles. The normalized spacial score (nSPS) is 17.9. The quantitative estimate of drug-likeness (QED) is 0.604. The van der Waals surface area contributed by atoms with Crippen molar-refractivity contribution < 1.29 is 14.3 Å². The summed E-state index contributed by atoms with van der Waals surface area (Å²) in [5.41, 5.74) is 4.65. The topological polar surface area (TPSA) is 71.5 Å². The molecule has 4 rings (SSSR count). The van der Waals surface area contributed by atoms with E-state index in [1.807, 2.05) is 31.5 Å². The van der Waals surface area contributed by atoms with Crippen LogP contribution in [0.4, 0.5) is 0 Å². The number of carbonyl (C=O) groups excluding carboxylic acids is 2. The van der Waals surface area contributed by atoms with Crippen molar-refractivity contribution >= 4 is 23.2 Å². The van der Waals surface area contributed by atoms with E-state index in [1.54, 1.807) is 47.6 Å². The molecule has 2 heterocycles. The Labute approximate surface area is 192 Å². The number of carbonyl (C=O) groups is 2. The van der Waals surface area contributed by atoms with Crippen molar-refractivity contribution in [2.45, 2.75) is 38.8 Å². The Kier molecular flexibility index (Phi) is 6.28. The molecule has 3 aromatic rings. The number of aryl methyl sites for hydroxylation is 1. The standard InChI is InChI=1S/C25H27N3O3S/c1-17-22(32-16-27-17)19-10-8-18(9-11-19)15-26-24(30)25(2)12-5-13-28(25)23(29)20-6-4-7-21(14-20)31-3/h4,6-11,14,16H,5,12-13,15H2,1-3H3,(H,26,30). The lowest BCUT2D eigenvalue weighted by Gasteiger charge is -2.34. The molecule has 166 valence electrons. The minimum Gasteiger partial charge on any atom is -0.497 e. The van der Waals surface area contributed by atoms with Crippen molar-refractivity contribution in [2.24, 2.45) is 0 Å². The van der Waals surface area contributed by atoms with E-state index in [2.05, 4.69) is 22.4 Å². The number of nitrogens with zero attached hydrogens (tertiary/aromatic N) is 2. The maximum absolute atomic E-state index is 13.2. The van der Waals surface area contributed by atoms with E-state index >= 15 is 0 Å². The van der Waals surface area contributed by atoms with Crippen LogP contribution < -0.4 is 10.1 Å². The van der Waals surface area contributed by atoms with E-state index in [9.17, 15) is 9.59 Å². The van der Waals surface area contributed by atoms with Crippen LogP contribution in [0, 0.1) is 6.92 Å². The van der Waals surface area contributed by atoms with Gasteiger partial charge in [-0.25, -0.2) is 4.98 Å². The molecule has 1 aromatic heterocycles. The number of hydrogen-bond acceptors (Lipinski definition) is 5. The lowest BCUT2D eigenvalue weighted by atomic mass is 9.96. The molecular weight excluding hydrogens is 422 g/mol. The van der Waals surface area contributed by atoms with Gasteiger partial charge in [0.05, 0.1) is 23.2 Å². The van der Waals surface area contributed by atoms with Crippen LogP contribution in [0.5, 0.6) is 5.75 Å². The zero-order valence-corrected chi connectivity index (χ0v) is 19.4. The number of hydrogen-bond donors (Lipinski definition) is 1. The van der Waals surface area contributed by atoms with E-state index in [-0.39, 0.29) is 11.8 Å². The molecule has 1 fully saturated rings. The molecule has 0 spiro atoms. The van der Waals surface area contributed by atoms with E-state index in [0.717, 1.165) is 28.1 Å². The summed E-state index contributed by atoms with van der Waals surface area (Å²) >= 11 is 1.62. The minimum absolute atomic E-state index is 0.131. The molecule has 7 heteroatoms. The summed E-state index contributed by atoms with van der Waals surface area (Å²) in [4.78, 5) is 33.5. The minimum atomic E-state index is -0.875. The molecule has 2 amide bonds. The third-order valence-corrected chi connectivity index (χ3v) is 7.08. The molecule has 1 aliphatic rings. The molecule has 0 bridgehead atoms. The zero-order chi connectivity index (χ0) is 22.7. The van der Waals surface area contributed by atoms with Crippen LogP contribution in [0.25, 0.3) is 10.4 Å². The van der Waals surface area contributed by atoms with E-state index in [0.29, 0.717) is 30.8 Å². The summed E-state index contributed by atoms with van der Waals surface area (Å²) in [6.45, 7) is 4.82. The number of amides is 2. The SMILES string of the molecule is COc1cccc(C(=O)N2CCCC2(C)C(=O)NCc2ccc(-c3scnc3C)cc2)c1. The number of rotatable bonds is 6. The first-order chi connectivity index (χ1) is 15.4. The van der Waals surface area contributed by atoms with Crippen molar-refractivity contribution in [3.05, 3.63) is 70.9 Å². The lowest BCUT2D eigenvalue weighted by Crippen LogP contribution is -2.55. The van der Waals surface area contributed by atoms with Crippen molar-refractivity contribution in [1.29, 1.82) is 0 Å². The third kappa shape index (κ3) is 4.25. The molecule has 0 aliphatic carbocycles. The summed E-state index contributed by atoms with van der Waals surface area (Å²) in [6, 6.07) is 15.2. The van der Waals surface area contributed by atoms with E-state index in [4.69, 9.17) is 4.74 Å². The van der Waals surface area contributed by atoms with E-state index < -0.39 is 5.54 Å². The third-order valence-electron chi connectivity index (χ3n) is 6.11. The summed E-state index contributed by atoms with van der Waals surface area (Å²) in [5.74, 6) is 0.343. The molecule has 0 radical (unpaired) electrons. The van der Waals surface area contributed by atoms with Gasteiger partial charge in [-0.05, 0) is 56.0 Å². The maximum Gasteiger partial charge on any atom is 0.254 e. The predicted octanol–water partition coefficient (Wildman–Crippen LogP) is 4.44. The van der Waals surface area contributed by atoms with Gasteiger partial charge in [-0.2, -0.15) is 0 Å². The second-order valence-corrected chi connectivity index (χ2v) is 9.07. The molecule has 6 nitrogen and oxygen atoms in total. The summed E-state index contributed by atoms with van der Waals surface area (Å²) < 4.78 is 5.24. The highest BCUT2D eigenvalue weighted by molar-refractivity contribution is 7.13. The Bertz CT molecular complexity index is 1130. The van der Waals surface area contributed by atoms with Gasteiger partial charge in [-0.1, -0.05) is 30.3 Å². The van der Waals surface area contributed by atoms with Gasteiger partial charge in [-0.15, -0.1) is 11.3 Å². The number of methoxy groups -OCH3 is 1. The van der Waals surface area contributed by atoms with Crippen LogP contribution in [0.1, 0.15) is 41.4 Å². The van der Waals surface area contributed by atoms with Crippen LogP contribution in [-0.2, 0) is 11.3 Å². The number of aromatic nitrogens is 1. The monoisotopic (exact) mass is 449 g/mol. The van der Waals surface area contributed by atoms with Crippen LogP contribution in [0.2, 0.25) is 0 Å². The maximum atomic E-state index is 13.2. The van der Waals surface area contributed by atoms with Gasteiger partial charge in [-0.3, -0.25) is 9.59 Å². The van der Waals surface area contributed by atoms with Crippen LogP contribution in [-0.4, -0.2) is 40.9 Å². The molecule has 1 unspecified atom stereocenters. The first-order valence-corrected chi connectivity index (χ1v) is 11.5. The zero-order valence-electron chi connectivity index (χ0n) is 18.6. The molecular formula is C25H27N3O3S. The average Bonchev–Trinajstić information content (AvgIpc) is 3.43. The summed E-state index contributed by atoms with van der Waals surface area (Å²) in [6.07, 6.45) is 1.43. The highest BCUT2D eigenvalue weighted by atomic mass is 32.1. The lowest BCUT2D eigenvalue weighted by molar-refractivity contribution is -0.130. The van der Waals surface area contributed by atoms with Gasteiger partial charge in [0.2, 0.25) is 5.91 Å². The molecule has 1 saturated heterocycles. The second-order valence-electron chi connectivity index (χ2n) is 8.21. The van der Waals surface area contributed by atoms with Gasteiger partial charge in [0, 0.05) is 18.7 Å². The van der Waals surface area contributed by atoms with Crippen molar-refractivity contribution in [3.63, 3.8) is 0 Å². The Balaban J connectivity index is 1.43.